The molecule has 1 aromatic carbocycles. The second-order valence-electron chi connectivity index (χ2n) is 5.33. The lowest BCUT2D eigenvalue weighted by atomic mass is 10.1. The summed E-state index contributed by atoms with van der Waals surface area (Å²) in [6.07, 6.45) is 3.06. The average molecular weight is 395 g/mol. The van der Waals surface area contributed by atoms with Crippen LogP contribution in [0.4, 0.5) is 5.69 Å². The standard InChI is InChI=1S/C19H26N2O3S2/c1-6-25-19(26-7-2)17(15(22)12-13-21(3)4)18(23)20-14-10-8-9-11-16(14)24-5/h8-13H,6-7H2,1-5H3,(H,20,23)/b13-12-. The Bertz CT molecular complexity index is 677. The molecule has 1 N–H and O–H groups in total. The van der Waals surface area contributed by atoms with Gasteiger partial charge in [-0.05, 0) is 23.6 Å². The molecule has 0 atom stereocenters. The molecule has 1 amide bonds. The van der Waals surface area contributed by atoms with Crippen LogP contribution in [0, 0.1) is 0 Å². The van der Waals surface area contributed by atoms with Crippen LogP contribution in [0.3, 0.4) is 0 Å². The maximum atomic E-state index is 12.9. The van der Waals surface area contributed by atoms with Gasteiger partial charge in [0.05, 0.1) is 17.0 Å². The number of hydrogen-bond donors (Lipinski definition) is 1. The number of thioether (sulfide) groups is 2. The summed E-state index contributed by atoms with van der Waals surface area (Å²) in [6.45, 7) is 3.99. The number of benzene rings is 1. The summed E-state index contributed by atoms with van der Waals surface area (Å²) < 4.78 is 6.01. The molecule has 0 radical (unpaired) electrons. The highest BCUT2D eigenvalue weighted by Crippen LogP contribution is 2.33. The third kappa shape index (κ3) is 6.80. The van der Waals surface area contributed by atoms with Crippen molar-refractivity contribution in [3.05, 3.63) is 46.4 Å². The predicted molar refractivity (Wildman–Crippen MR) is 113 cm³/mol. The van der Waals surface area contributed by atoms with Crippen molar-refractivity contribution in [3.63, 3.8) is 0 Å². The summed E-state index contributed by atoms with van der Waals surface area (Å²) in [5.74, 6) is 1.35. The fourth-order valence-corrected chi connectivity index (χ4v) is 4.23. The third-order valence-electron chi connectivity index (χ3n) is 3.11. The molecule has 0 bridgehead atoms. The molecule has 26 heavy (non-hydrogen) atoms. The Morgan fingerprint density at radius 2 is 1.77 bits per heavy atom. The van der Waals surface area contributed by atoms with Crippen molar-refractivity contribution < 1.29 is 14.3 Å². The largest absolute Gasteiger partial charge is 0.495 e. The number of anilines is 1. The van der Waals surface area contributed by atoms with Crippen molar-refractivity contribution in [1.82, 2.24) is 4.90 Å². The first kappa shape index (κ1) is 22.2. The van der Waals surface area contributed by atoms with Crippen LogP contribution in [-0.2, 0) is 9.59 Å². The van der Waals surface area contributed by atoms with Crippen LogP contribution < -0.4 is 10.1 Å². The van der Waals surface area contributed by atoms with Crippen molar-refractivity contribution in [2.45, 2.75) is 13.8 Å². The molecular weight excluding hydrogens is 368 g/mol. The predicted octanol–water partition coefficient (Wildman–Crippen LogP) is 4.00. The van der Waals surface area contributed by atoms with Crippen LogP contribution in [0.15, 0.2) is 46.4 Å². The van der Waals surface area contributed by atoms with E-state index in [2.05, 4.69) is 5.32 Å². The zero-order chi connectivity index (χ0) is 19.5. The molecule has 7 heteroatoms. The summed E-state index contributed by atoms with van der Waals surface area (Å²) in [5.41, 5.74) is 0.692. The summed E-state index contributed by atoms with van der Waals surface area (Å²) in [5, 5.41) is 2.81. The van der Waals surface area contributed by atoms with Crippen LogP contribution in [0.2, 0.25) is 0 Å². The number of rotatable bonds is 10. The summed E-state index contributed by atoms with van der Waals surface area (Å²) in [7, 11) is 5.19. The minimum Gasteiger partial charge on any atom is -0.495 e. The second-order valence-corrected chi connectivity index (χ2v) is 8.13. The van der Waals surface area contributed by atoms with Gasteiger partial charge in [0, 0.05) is 26.4 Å². The Morgan fingerprint density at radius 3 is 2.31 bits per heavy atom. The van der Waals surface area contributed by atoms with E-state index in [0.29, 0.717) is 11.4 Å². The highest BCUT2D eigenvalue weighted by Gasteiger charge is 2.23. The highest BCUT2D eigenvalue weighted by molar-refractivity contribution is 8.22. The summed E-state index contributed by atoms with van der Waals surface area (Å²) in [6, 6.07) is 7.13. The Hall–Kier alpha value is -1.86. The minimum atomic E-state index is -0.431. The zero-order valence-electron chi connectivity index (χ0n) is 15.9. The van der Waals surface area contributed by atoms with Crippen molar-refractivity contribution >= 4 is 40.9 Å². The molecule has 0 saturated heterocycles. The number of para-hydroxylation sites is 2. The minimum absolute atomic E-state index is 0.160. The Morgan fingerprint density at radius 1 is 1.15 bits per heavy atom. The third-order valence-corrected chi connectivity index (χ3v) is 5.32. The van der Waals surface area contributed by atoms with Gasteiger partial charge in [-0.2, -0.15) is 0 Å². The Balaban J connectivity index is 3.27. The first-order valence-corrected chi connectivity index (χ1v) is 10.2. The van der Waals surface area contributed by atoms with Crippen LogP contribution in [0.5, 0.6) is 5.75 Å². The van der Waals surface area contributed by atoms with Crippen molar-refractivity contribution in [2.24, 2.45) is 0 Å². The molecule has 1 aromatic rings. The number of nitrogens with zero attached hydrogens (tertiary/aromatic N) is 1. The molecule has 0 aromatic heterocycles. The lowest BCUT2D eigenvalue weighted by molar-refractivity contribution is -0.117. The smallest absolute Gasteiger partial charge is 0.261 e. The number of carbonyl (C=O) groups excluding carboxylic acids is 2. The number of ether oxygens (including phenoxy) is 1. The van der Waals surface area contributed by atoms with E-state index in [1.165, 1.54) is 36.7 Å². The van der Waals surface area contributed by atoms with Gasteiger partial charge in [0.15, 0.2) is 5.78 Å². The molecule has 142 valence electrons. The van der Waals surface area contributed by atoms with Gasteiger partial charge in [-0.3, -0.25) is 9.59 Å². The van der Waals surface area contributed by atoms with E-state index in [1.54, 1.807) is 29.3 Å². The first-order chi connectivity index (χ1) is 12.4. The molecule has 1 rings (SSSR count). The van der Waals surface area contributed by atoms with Crippen LogP contribution in [0.25, 0.3) is 0 Å². The lowest BCUT2D eigenvalue weighted by Gasteiger charge is -2.14. The number of hydrogen-bond acceptors (Lipinski definition) is 6. The van der Waals surface area contributed by atoms with E-state index in [1.807, 2.05) is 34.0 Å². The van der Waals surface area contributed by atoms with Gasteiger partial charge in [0.25, 0.3) is 5.91 Å². The Kier molecular flexibility index (Phi) is 9.98. The van der Waals surface area contributed by atoms with Gasteiger partial charge in [-0.1, -0.05) is 26.0 Å². The van der Waals surface area contributed by atoms with Gasteiger partial charge in [0.1, 0.15) is 11.3 Å². The van der Waals surface area contributed by atoms with Crippen LogP contribution >= 0.6 is 23.5 Å². The van der Waals surface area contributed by atoms with E-state index < -0.39 is 5.91 Å². The number of carbonyl (C=O) groups is 2. The number of ketones is 1. The van der Waals surface area contributed by atoms with Gasteiger partial charge in [-0.25, -0.2) is 0 Å². The van der Waals surface area contributed by atoms with Crippen molar-refractivity contribution in [3.8, 4) is 5.75 Å². The molecule has 5 nitrogen and oxygen atoms in total. The zero-order valence-corrected chi connectivity index (χ0v) is 17.5. The molecule has 0 spiro atoms. The maximum Gasteiger partial charge on any atom is 0.261 e. The van der Waals surface area contributed by atoms with E-state index >= 15 is 0 Å². The van der Waals surface area contributed by atoms with E-state index in [-0.39, 0.29) is 11.4 Å². The van der Waals surface area contributed by atoms with Gasteiger partial charge >= 0.3 is 0 Å². The second kappa shape index (κ2) is 11.7. The van der Waals surface area contributed by atoms with Crippen LogP contribution in [-0.4, -0.2) is 49.3 Å². The molecule has 0 unspecified atom stereocenters. The highest BCUT2D eigenvalue weighted by atomic mass is 32.2. The number of amides is 1. The molecular formula is C19H26N2O3S2. The van der Waals surface area contributed by atoms with Gasteiger partial charge in [0.2, 0.25) is 0 Å². The molecule has 0 fully saturated rings. The fraction of sp³-hybridized carbons (Fsp3) is 0.368. The van der Waals surface area contributed by atoms with Gasteiger partial charge in [-0.15, -0.1) is 23.5 Å². The van der Waals surface area contributed by atoms with Crippen molar-refractivity contribution in [2.75, 3.05) is 38.0 Å². The first-order valence-electron chi connectivity index (χ1n) is 8.27. The van der Waals surface area contributed by atoms with E-state index in [9.17, 15) is 9.59 Å². The van der Waals surface area contributed by atoms with Gasteiger partial charge < -0.3 is 15.0 Å². The number of allylic oxidation sites excluding steroid dienone is 1. The monoisotopic (exact) mass is 394 g/mol. The average Bonchev–Trinajstić information content (AvgIpc) is 2.61. The molecule has 0 saturated carbocycles. The van der Waals surface area contributed by atoms with E-state index in [4.69, 9.17) is 4.74 Å². The fourth-order valence-electron chi connectivity index (χ4n) is 1.99. The quantitative estimate of drug-likeness (QED) is 0.368. The van der Waals surface area contributed by atoms with Crippen LogP contribution in [0.1, 0.15) is 13.8 Å². The topological polar surface area (TPSA) is 58.6 Å². The maximum absolute atomic E-state index is 12.9. The SMILES string of the molecule is CCSC(SCC)=C(C(=O)/C=C\N(C)C)C(=O)Nc1ccccc1OC. The normalized spacial score (nSPS) is 10.5. The molecule has 0 aliphatic heterocycles. The number of nitrogens with one attached hydrogen (secondary N) is 1. The lowest BCUT2D eigenvalue weighted by Crippen LogP contribution is -2.21. The molecule has 0 aliphatic rings. The number of methoxy groups -OCH3 is 1. The van der Waals surface area contributed by atoms with Crippen molar-refractivity contribution in [1.29, 1.82) is 0 Å². The molecule has 0 heterocycles. The Labute approximate surface area is 164 Å². The summed E-state index contributed by atoms with van der Waals surface area (Å²) >= 11 is 3.01. The summed E-state index contributed by atoms with van der Waals surface area (Å²) in [4.78, 5) is 27.4. The van der Waals surface area contributed by atoms with E-state index in [0.717, 1.165) is 15.7 Å². The molecule has 0 aliphatic carbocycles.